The Kier molecular flexibility index (Phi) is 8.70. The molecular weight excluding hydrogens is 234 g/mol. The normalized spacial score (nSPS) is 12.1. The van der Waals surface area contributed by atoms with Crippen LogP contribution in [-0.2, 0) is 9.59 Å². The van der Waals surface area contributed by atoms with Gasteiger partial charge in [0.25, 0.3) is 0 Å². The summed E-state index contributed by atoms with van der Waals surface area (Å²) in [4.78, 5) is 21.9. The molecule has 0 spiro atoms. The lowest BCUT2D eigenvalue weighted by Crippen LogP contribution is -2.33. The lowest BCUT2D eigenvalue weighted by Gasteiger charge is -2.12. The van der Waals surface area contributed by atoms with E-state index in [4.69, 9.17) is 5.11 Å². The highest BCUT2D eigenvalue weighted by molar-refractivity contribution is 7.80. The number of hydrogen-bond donors (Lipinski definition) is 4. The minimum Gasteiger partial charge on any atom is -0.481 e. The van der Waals surface area contributed by atoms with E-state index >= 15 is 0 Å². The largest absolute Gasteiger partial charge is 0.481 e. The monoisotopic (exact) mass is 251 g/mol. The predicted octanol–water partition coefficient (Wildman–Crippen LogP) is 0.833. The second kappa shape index (κ2) is 8.91. The molecule has 1 unspecified atom stereocenters. The van der Waals surface area contributed by atoms with Gasteiger partial charge in [0.15, 0.2) is 0 Å². The van der Waals surface area contributed by atoms with Gasteiger partial charge in [0.05, 0.1) is 12.3 Å². The van der Waals surface area contributed by atoms with E-state index in [1.165, 1.54) is 0 Å². The molecule has 0 aromatic carbocycles. The highest BCUT2D eigenvalue weighted by atomic mass is 32.1. The van der Waals surface area contributed by atoms with Crippen LogP contribution in [0, 0.1) is 5.92 Å². The Balaban J connectivity index is 3.78. The SMILES string of the molecule is O=C(O)CC(CS)C(=O)NCCCCS. The van der Waals surface area contributed by atoms with Crippen LogP contribution < -0.4 is 5.32 Å². The number of nitrogens with one attached hydrogen (secondary N) is 1. The number of thiol groups is 2. The number of aliphatic carboxylic acids is 1. The van der Waals surface area contributed by atoms with Gasteiger partial charge in [-0.1, -0.05) is 0 Å². The molecule has 0 aliphatic carbocycles. The van der Waals surface area contributed by atoms with Crippen LogP contribution in [0.4, 0.5) is 0 Å². The van der Waals surface area contributed by atoms with Crippen molar-refractivity contribution in [1.29, 1.82) is 0 Å². The van der Waals surface area contributed by atoms with E-state index < -0.39 is 11.9 Å². The number of unbranched alkanes of at least 4 members (excludes halogenated alkanes) is 1. The molecule has 0 aliphatic heterocycles. The lowest BCUT2D eigenvalue weighted by molar-refractivity contribution is -0.140. The van der Waals surface area contributed by atoms with Crippen molar-refractivity contribution >= 4 is 37.1 Å². The zero-order chi connectivity index (χ0) is 11.7. The van der Waals surface area contributed by atoms with Gasteiger partial charge in [0, 0.05) is 12.3 Å². The summed E-state index contributed by atoms with van der Waals surface area (Å²) in [6.45, 7) is 0.573. The van der Waals surface area contributed by atoms with Crippen molar-refractivity contribution in [2.24, 2.45) is 5.92 Å². The summed E-state index contributed by atoms with van der Waals surface area (Å²) in [7, 11) is 0. The Morgan fingerprint density at radius 3 is 2.40 bits per heavy atom. The maximum atomic E-state index is 11.4. The van der Waals surface area contributed by atoms with Crippen LogP contribution >= 0.6 is 25.3 Å². The quantitative estimate of drug-likeness (QED) is 0.382. The molecule has 0 aromatic rings. The molecule has 0 rings (SSSR count). The Morgan fingerprint density at radius 2 is 1.93 bits per heavy atom. The van der Waals surface area contributed by atoms with Crippen molar-refractivity contribution in [3.05, 3.63) is 0 Å². The molecule has 2 N–H and O–H groups in total. The van der Waals surface area contributed by atoms with Crippen molar-refractivity contribution in [2.45, 2.75) is 19.3 Å². The van der Waals surface area contributed by atoms with Gasteiger partial charge < -0.3 is 10.4 Å². The topological polar surface area (TPSA) is 66.4 Å². The van der Waals surface area contributed by atoms with Gasteiger partial charge in [-0.2, -0.15) is 25.3 Å². The van der Waals surface area contributed by atoms with E-state index in [0.717, 1.165) is 18.6 Å². The maximum Gasteiger partial charge on any atom is 0.304 e. The van der Waals surface area contributed by atoms with Crippen LogP contribution in [0.5, 0.6) is 0 Å². The second-order valence-electron chi connectivity index (χ2n) is 3.20. The number of carbonyl (C=O) groups excluding carboxylic acids is 1. The van der Waals surface area contributed by atoms with E-state index in [0.29, 0.717) is 6.54 Å². The Bertz CT molecular complexity index is 212. The fourth-order valence-corrected chi connectivity index (χ4v) is 1.56. The summed E-state index contributed by atoms with van der Waals surface area (Å²) < 4.78 is 0. The zero-order valence-corrected chi connectivity index (χ0v) is 10.3. The van der Waals surface area contributed by atoms with Gasteiger partial charge in [-0.15, -0.1) is 0 Å². The van der Waals surface area contributed by atoms with Crippen molar-refractivity contribution in [1.82, 2.24) is 5.32 Å². The van der Waals surface area contributed by atoms with Gasteiger partial charge in [-0.05, 0) is 18.6 Å². The van der Waals surface area contributed by atoms with Crippen molar-refractivity contribution in [2.75, 3.05) is 18.1 Å². The van der Waals surface area contributed by atoms with E-state index in [-0.39, 0.29) is 18.1 Å². The fraction of sp³-hybridized carbons (Fsp3) is 0.778. The van der Waals surface area contributed by atoms with Crippen LogP contribution in [0.3, 0.4) is 0 Å². The number of hydrogen-bond acceptors (Lipinski definition) is 4. The molecule has 1 atom stereocenters. The Labute approximate surface area is 101 Å². The van der Waals surface area contributed by atoms with Gasteiger partial charge in [0.2, 0.25) is 5.91 Å². The van der Waals surface area contributed by atoms with Gasteiger partial charge >= 0.3 is 5.97 Å². The third kappa shape index (κ3) is 7.56. The van der Waals surface area contributed by atoms with Crippen molar-refractivity contribution < 1.29 is 14.7 Å². The standard InChI is InChI=1S/C9H17NO3S2/c11-8(12)5-7(6-15)9(13)10-3-1-2-4-14/h7,14-15H,1-6H2,(H,10,13)(H,11,12). The van der Waals surface area contributed by atoms with Gasteiger partial charge in [0.1, 0.15) is 0 Å². The molecule has 0 aromatic heterocycles. The average molecular weight is 251 g/mol. The molecule has 1 amide bonds. The summed E-state index contributed by atoms with van der Waals surface area (Å²) in [5.41, 5.74) is 0. The molecule has 0 saturated carbocycles. The van der Waals surface area contributed by atoms with E-state index in [2.05, 4.69) is 30.6 Å². The first-order valence-corrected chi connectivity index (χ1v) is 6.09. The molecule has 6 heteroatoms. The number of carbonyl (C=O) groups is 2. The van der Waals surface area contributed by atoms with Crippen LogP contribution in [0.25, 0.3) is 0 Å². The summed E-state index contributed by atoms with van der Waals surface area (Å²) in [6, 6.07) is 0. The highest BCUT2D eigenvalue weighted by Gasteiger charge is 2.19. The zero-order valence-electron chi connectivity index (χ0n) is 8.48. The number of amides is 1. The molecule has 0 radical (unpaired) electrons. The van der Waals surface area contributed by atoms with E-state index in [9.17, 15) is 9.59 Å². The van der Waals surface area contributed by atoms with Crippen LogP contribution in [0.1, 0.15) is 19.3 Å². The molecule has 0 aliphatic rings. The van der Waals surface area contributed by atoms with E-state index in [1.54, 1.807) is 0 Å². The third-order valence-corrected chi connectivity index (χ3v) is 2.65. The maximum absolute atomic E-state index is 11.4. The minimum atomic E-state index is -0.973. The number of carboxylic acids is 1. The van der Waals surface area contributed by atoms with Crippen LogP contribution in [0.2, 0.25) is 0 Å². The molecule has 0 saturated heterocycles. The smallest absolute Gasteiger partial charge is 0.304 e. The van der Waals surface area contributed by atoms with Crippen LogP contribution in [0.15, 0.2) is 0 Å². The summed E-state index contributed by atoms with van der Waals surface area (Å²) in [5, 5.41) is 11.2. The van der Waals surface area contributed by atoms with Crippen molar-refractivity contribution in [3.8, 4) is 0 Å². The van der Waals surface area contributed by atoms with Gasteiger partial charge in [-0.25, -0.2) is 0 Å². The summed E-state index contributed by atoms with van der Waals surface area (Å²) in [5.74, 6) is -0.695. The number of rotatable bonds is 8. The minimum absolute atomic E-state index is 0.165. The Morgan fingerprint density at radius 1 is 1.27 bits per heavy atom. The van der Waals surface area contributed by atoms with Gasteiger partial charge in [-0.3, -0.25) is 9.59 Å². The first-order valence-electron chi connectivity index (χ1n) is 4.83. The second-order valence-corrected chi connectivity index (χ2v) is 4.01. The third-order valence-electron chi connectivity index (χ3n) is 1.90. The van der Waals surface area contributed by atoms with Crippen LogP contribution in [-0.4, -0.2) is 35.0 Å². The average Bonchev–Trinajstić information content (AvgIpc) is 2.20. The molecule has 0 fully saturated rings. The molecule has 15 heavy (non-hydrogen) atoms. The predicted molar refractivity (Wildman–Crippen MR) is 65.7 cm³/mol. The molecule has 0 bridgehead atoms. The lowest BCUT2D eigenvalue weighted by atomic mass is 10.1. The van der Waals surface area contributed by atoms with E-state index in [1.807, 2.05) is 0 Å². The molecule has 0 heterocycles. The summed E-state index contributed by atoms with van der Waals surface area (Å²) >= 11 is 8.00. The molecule has 88 valence electrons. The fourth-order valence-electron chi connectivity index (χ4n) is 1.04. The van der Waals surface area contributed by atoms with Crippen molar-refractivity contribution in [3.63, 3.8) is 0 Å². The summed E-state index contributed by atoms with van der Waals surface area (Å²) in [6.07, 6.45) is 1.64. The first kappa shape index (κ1) is 14.6. The number of carboxylic acid groups (broad SMARTS) is 1. The molecular formula is C9H17NO3S2. The molecule has 4 nitrogen and oxygen atoms in total. The highest BCUT2D eigenvalue weighted by Crippen LogP contribution is 2.05. The first-order chi connectivity index (χ1) is 7.11. The Hall–Kier alpha value is -0.360.